The standard InChI is InChI=1S/C19H25N3O3/c1-3-4-7-17(23)22-12-5-6-15(13-22)19-20-18(21-25-19)14-8-10-16(24-2)11-9-14/h8-11,15H,3-7,12-13H2,1-2H3/t15-/m1/s1. The molecule has 1 amide bonds. The van der Waals surface area contributed by atoms with E-state index in [0.29, 0.717) is 24.7 Å². The Morgan fingerprint density at radius 2 is 2.16 bits per heavy atom. The van der Waals surface area contributed by atoms with Crippen LogP contribution in [-0.4, -0.2) is 41.1 Å². The van der Waals surface area contributed by atoms with Crippen LogP contribution in [0.25, 0.3) is 11.4 Å². The highest BCUT2D eigenvalue weighted by molar-refractivity contribution is 5.76. The maximum Gasteiger partial charge on any atom is 0.231 e. The molecule has 1 aromatic carbocycles. The summed E-state index contributed by atoms with van der Waals surface area (Å²) in [5, 5.41) is 4.11. The summed E-state index contributed by atoms with van der Waals surface area (Å²) in [5.74, 6) is 2.35. The van der Waals surface area contributed by atoms with Gasteiger partial charge in [-0.1, -0.05) is 18.5 Å². The first-order valence-electron chi connectivity index (χ1n) is 8.97. The van der Waals surface area contributed by atoms with Crippen LogP contribution < -0.4 is 4.74 Å². The Morgan fingerprint density at radius 3 is 2.88 bits per heavy atom. The minimum atomic E-state index is 0.124. The number of hydrogen-bond acceptors (Lipinski definition) is 5. The molecule has 6 nitrogen and oxygen atoms in total. The third-order valence-corrected chi connectivity index (χ3v) is 4.66. The number of nitrogens with zero attached hydrogens (tertiary/aromatic N) is 3. The first kappa shape index (κ1) is 17.5. The number of rotatable bonds is 6. The van der Waals surface area contributed by atoms with Gasteiger partial charge in [-0.3, -0.25) is 4.79 Å². The number of aromatic nitrogens is 2. The highest BCUT2D eigenvalue weighted by Crippen LogP contribution is 2.28. The highest BCUT2D eigenvalue weighted by atomic mass is 16.5. The molecule has 1 aromatic heterocycles. The van der Waals surface area contributed by atoms with Crippen molar-refractivity contribution in [3.05, 3.63) is 30.2 Å². The van der Waals surface area contributed by atoms with E-state index in [1.807, 2.05) is 29.2 Å². The van der Waals surface area contributed by atoms with Gasteiger partial charge in [-0.2, -0.15) is 4.98 Å². The Labute approximate surface area is 148 Å². The Kier molecular flexibility index (Phi) is 5.68. The number of unbranched alkanes of at least 4 members (excludes halogenated alkanes) is 1. The molecule has 1 aliphatic heterocycles. The predicted octanol–water partition coefficient (Wildman–Crippen LogP) is 3.64. The molecule has 0 saturated carbocycles. The van der Waals surface area contributed by atoms with E-state index in [4.69, 9.17) is 9.26 Å². The number of methoxy groups -OCH3 is 1. The molecule has 0 aliphatic carbocycles. The Morgan fingerprint density at radius 1 is 1.36 bits per heavy atom. The van der Waals surface area contributed by atoms with Crippen LogP contribution in [0.2, 0.25) is 0 Å². The molecular formula is C19H25N3O3. The van der Waals surface area contributed by atoms with Crippen LogP contribution in [0, 0.1) is 0 Å². The second-order valence-electron chi connectivity index (χ2n) is 6.47. The summed E-state index contributed by atoms with van der Waals surface area (Å²) in [5.41, 5.74) is 0.891. The van der Waals surface area contributed by atoms with Crippen LogP contribution in [0.5, 0.6) is 5.75 Å². The Hall–Kier alpha value is -2.37. The highest BCUT2D eigenvalue weighted by Gasteiger charge is 2.28. The van der Waals surface area contributed by atoms with Crippen molar-refractivity contribution in [2.75, 3.05) is 20.2 Å². The third kappa shape index (κ3) is 4.18. The summed E-state index contributed by atoms with van der Waals surface area (Å²) in [4.78, 5) is 18.8. The first-order chi connectivity index (χ1) is 12.2. The van der Waals surface area contributed by atoms with E-state index in [1.165, 1.54) is 0 Å². The smallest absolute Gasteiger partial charge is 0.231 e. The van der Waals surface area contributed by atoms with Gasteiger partial charge in [0.05, 0.1) is 13.0 Å². The summed E-state index contributed by atoms with van der Waals surface area (Å²) in [6.07, 6.45) is 4.56. The van der Waals surface area contributed by atoms with Crippen LogP contribution >= 0.6 is 0 Å². The zero-order chi connectivity index (χ0) is 17.6. The Balaban J connectivity index is 1.67. The maximum atomic E-state index is 12.3. The molecule has 1 saturated heterocycles. The normalized spacial score (nSPS) is 17.5. The van der Waals surface area contributed by atoms with Gasteiger partial charge in [0.15, 0.2) is 0 Å². The van der Waals surface area contributed by atoms with Gasteiger partial charge in [-0.15, -0.1) is 0 Å². The summed E-state index contributed by atoms with van der Waals surface area (Å²) in [7, 11) is 1.64. The van der Waals surface area contributed by atoms with Gasteiger partial charge in [0, 0.05) is 25.1 Å². The number of ether oxygens (including phenoxy) is 1. The van der Waals surface area contributed by atoms with Crippen LogP contribution in [0.15, 0.2) is 28.8 Å². The second-order valence-corrected chi connectivity index (χ2v) is 6.47. The van der Waals surface area contributed by atoms with Crippen molar-refractivity contribution >= 4 is 5.91 Å². The molecule has 1 fully saturated rings. The molecule has 0 bridgehead atoms. The fourth-order valence-corrected chi connectivity index (χ4v) is 3.15. The van der Waals surface area contributed by atoms with Gasteiger partial charge in [-0.25, -0.2) is 0 Å². The van der Waals surface area contributed by atoms with Crippen molar-refractivity contribution in [3.63, 3.8) is 0 Å². The van der Waals surface area contributed by atoms with E-state index < -0.39 is 0 Å². The van der Waals surface area contributed by atoms with Crippen LogP contribution in [0.1, 0.15) is 50.8 Å². The lowest BCUT2D eigenvalue weighted by molar-refractivity contribution is -0.132. The largest absolute Gasteiger partial charge is 0.497 e. The lowest BCUT2D eigenvalue weighted by Gasteiger charge is -2.31. The fraction of sp³-hybridized carbons (Fsp3) is 0.526. The predicted molar refractivity (Wildman–Crippen MR) is 94.4 cm³/mol. The van der Waals surface area contributed by atoms with E-state index in [1.54, 1.807) is 7.11 Å². The third-order valence-electron chi connectivity index (χ3n) is 4.66. The topological polar surface area (TPSA) is 68.5 Å². The van der Waals surface area contributed by atoms with E-state index in [9.17, 15) is 4.79 Å². The number of benzene rings is 1. The monoisotopic (exact) mass is 343 g/mol. The minimum absolute atomic E-state index is 0.124. The van der Waals surface area contributed by atoms with Crippen molar-refractivity contribution in [2.45, 2.75) is 44.9 Å². The molecule has 0 radical (unpaired) electrons. The zero-order valence-corrected chi connectivity index (χ0v) is 14.9. The van der Waals surface area contributed by atoms with E-state index >= 15 is 0 Å². The lowest BCUT2D eigenvalue weighted by atomic mass is 9.97. The summed E-state index contributed by atoms with van der Waals surface area (Å²) < 4.78 is 10.7. The van der Waals surface area contributed by atoms with Crippen molar-refractivity contribution in [3.8, 4) is 17.1 Å². The van der Waals surface area contributed by atoms with Crippen molar-refractivity contribution in [1.82, 2.24) is 15.0 Å². The zero-order valence-electron chi connectivity index (χ0n) is 14.9. The molecule has 1 aliphatic rings. The van der Waals surface area contributed by atoms with Gasteiger partial charge < -0.3 is 14.2 Å². The summed E-state index contributed by atoms with van der Waals surface area (Å²) >= 11 is 0. The number of carbonyl (C=O) groups is 1. The van der Waals surface area contributed by atoms with Crippen molar-refractivity contribution in [1.29, 1.82) is 0 Å². The fourth-order valence-electron chi connectivity index (χ4n) is 3.15. The van der Waals surface area contributed by atoms with Gasteiger partial charge >= 0.3 is 0 Å². The summed E-state index contributed by atoms with van der Waals surface area (Å²) in [6, 6.07) is 7.57. The van der Waals surface area contributed by atoms with Gasteiger partial charge in [0.2, 0.25) is 17.6 Å². The van der Waals surface area contributed by atoms with Gasteiger partial charge in [0.25, 0.3) is 0 Å². The SMILES string of the molecule is CCCCC(=O)N1CCC[C@@H](c2nc(-c3ccc(OC)cc3)no2)C1. The second kappa shape index (κ2) is 8.14. The molecular weight excluding hydrogens is 318 g/mol. The van der Waals surface area contributed by atoms with Crippen LogP contribution in [0.3, 0.4) is 0 Å². The number of likely N-dealkylation sites (tertiary alicyclic amines) is 1. The van der Waals surface area contributed by atoms with Gasteiger partial charge in [0.1, 0.15) is 5.75 Å². The molecule has 0 N–H and O–H groups in total. The molecule has 134 valence electrons. The van der Waals surface area contributed by atoms with Gasteiger partial charge in [-0.05, 0) is 43.5 Å². The van der Waals surface area contributed by atoms with Crippen molar-refractivity contribution < 1.29 is 14.1 Å². The quantitative estimate of drug-likeness (QED) is 0.801. The molecule has 1 atom stereocenters. The molecule has 2 aromatic rings. The number of carbonyl (C=O) groups excluding carboxylic acids is 1. The maximum absolute atomic E-state index is 12.3. The molecule has 0 unspecified atom stereocenters. The average molecular weight is 343 g/mol. The van der Waals surface area contributed by atoms with Crippen LogP contribution in [0.4, 0.5) is 0 Å². The lowest BCUT2D eigenvalue weighted by Crippen LogP contribution is -2.39. The number of amides is 1. The number of hydrogen-bond donors (Lipinski definition) is 0. The van der Waals surface area contributed by atoms with E-state index in [2.05, 4.69) is 17.1 Å². The summed E-state index contributed by atoms with van der Waals surface area (Å²) in [6.45, 7) is 3.61. The van der Waals surface area contributed by atoms with E-state index in [0.717, 1.165) is 43.5 Å². The van der Waals surface area contributed by atoms with Crippen molar-refractivity contribution in [2.24, 2.45) is 0 Å². The Bertz CT molecular complexity index is 696. The minimum Gasteiger partial charge on any atom is -0.497 e. The molecule has 25 heavy (non-hydrogen) atoms. The molecule has 0 spiro atoms. The molecule has 3 rings (SSSR count). The number of piperidine rings is 1. The molecule has 6 heteroatoms. The van der Waals surface area contributed by atoms with E-state index in [-0.39, 0.29) is 11.8 Å². The average Bonchev–Trinajstić information content (AvgIpc) is 3.16. The first-order valence-corrected chi connectivity index (χ1v) is 8.97. The van der Waals surface area contributed by atoms with Crippen LogP contribution in [-0.2, 0) is 4.79 Å². The molecule has 2 heterocycles.